The monoisotopic (exact) mass is 400 g/mol. The molecule has 0 fully saturated rings. The number of halogens is 3. The lowest BCUT2D eigenvalue weighted by atomic mass is 10.1. The molecule has 1 aromatic heterocycles. The predicted octanol–water partition coefficient (Wildman–Crippen LogP) is 6.02. The molecule has 29 heavy (non-hydrogen) atoms. The van der Waals surface area contributed by atoms with Crippen molar-refractivity contribution in [3.8, 4) is 11.5 Å². The zero-order valence-corrected chi connectivity index (χ0v) is 15.9. The predicted molar refractivity (Wildman–Crippen MR) is 104 cm³/mol. The average Bonchev–Trinajstić information content (AvgIpc) is 2.69. The van der Waals surface area contributed by atoms with E-state index in [4.69, 9.17) is 4.74 Å². The van der Waals surface area contributed by atoms with Crippen LogP contribution in [0.15, 0.2) is 60.7 Å². The Labute approximate surface area is 166 Å². The summed E-state index contributed by atoms with van der Waals surface area (Å²) in [5.74, 6) is -0.368. The molecule has 4 nitrogen and oxygen atoms in total. The van der Waals surface area contributed by atoms with E-state index in [0.717, 1.165) is 18.2 Å². The zero-order valence-electron chi connectivity index (χ0n) is 15.9. The molecule has 1 amide bonds. The maximum absolute atomic E-state index is 13.1. The minimum Gasteiger partial charge on any atom is -0.457 e. The number of amides is 1. The topological polar surface area (TPSA) is 51.2 Å². The summed E-state index contributed by atoms with van der Waals surface area (Å²) in [4.78, 5) is 16.8. The van der Waals surface area contributed by atoms with Crippen LogP contribution in [0.5, 0.6) is 11.5 Å². The van der Waals surface area contributed by atoms with Crippen LogP contribution in [-0.4, -0.2) is 10.9 Å². The number of aryl methyl sites for hydroxylation is 2. The average molecular weight is 400 g/mol. The van der Waals surface area contributed by atoms with Crippen LogP contribution in [0.25, 0.3) is 0 Å². The van der Waals surface area contributed by atoms with Gasteiger partial charge in [-0.05, 0) is 61.9 Å². The molecule has 0 aliphatic carbocycles. The van der Waals surface area contributed by atoms with E-state index in [0.29, 0.717) is 16.9 Å². The maximum Gasteiger partial charge on any atom is 0.419 e. The first-order valence-corrected chi connectivity index (χ1v) is 9.00. The van der Waals surface area contributed by atoms with Crippen LogP contribution < -0.4 is 10.1 Å². The Bertz CT molecular complexity index is 1020. The highest BCUT2D eigenvalue weighted by Gasteiger charge is 2.34. The maximum atomic E-state index is 13.1. The van der Waals surface area contributed by atoms with Gasteiger partial charge in [0, 0.05) is 11.4 Å². The van der Waals surface area contributed by atoms with E-state index < -0.39 is 11.7 Å². The molecule has 0 atom stereocenters. The Morgan fingerprint density at radius 3 is 2.34 bits per heavy atom. The number of carbonyl (C=O) groups is 1. The number of alkyl halides is 3. The lowest BCUT2D eigenvalue weighted by Gasteiger charge is -2.14. The number of carbonyl (C=O) groups excluding carboxylic acids is 1. The molecular weight excluding hydrogens is 381 g/mol. The van der Waals surface area contributed by atoms with Gasteiger partial charge in [0.15, 0.2) is 0 Å². The molecule has 0 saturated heterocycles. The van der Waals surface area contributed by atoms with Gasteiger partial charge in [0.25, 0.3) is 5.91 Å². The van der Waals surface area contributed by atoms with E-state index in [1.807, 2.05) is 6.92 Å². The van der Waals surface area contributed by atoms with Gasteiger partial charge < -0.3 is 10.1 Å². The molecule has 0 spiro atoms. The fraction of sp³-hybridized carbons (Fsp3) is 0.182. The molecule has 0 bridgehead atoms. The van der Waals surface area contributed by atoms with Crippen molar-refractivity contribution in [2.75, 3.05) is 5.32 Å². The molecule has 150 valence electrons. The zero-order chi connectivity index (χ0) is 21.0. The van der Waals surface area contributed by atoms with E-state index in [2.05, 4.69) is 10.3 Å². The summed E-state index contributed by atoms with van der Waals surface area (Å²) in [6.07, 6.45) is -3.73. The van der Waals surface area contributed by atoms with Gasteiger partial charge in [-0.1, -0.05) is 19.1 Å². The highest BCUT2D eigenvalue weighted by molar-refractivity contribution is 6.05. The SMILES string of the molecule is CCc1ccc(C(=O)Nc2ccc(Oc3ccccc3C(F)(F)F)cc2)c(C)n1. The standard InChI is InChI=1S/C22H19F3N2O2/c1-3-15-10-13-18(14(2)26-15)21(28)27-16-8-11-17(12-9-16)29-20-7-5-4-6-19(20)22(23,24)25/h4-13H,3H2,1-2H3,(H,27,28). The van der Waals surface area contributed by atoms with Gasteiger partial charge in [-0.15, -0.1) is 0 Å². The van der Waals surface area contributed by atoms with Crippen molar-refractivity contribution in [1.29, 1.82) is 0 Å². The molecule has 1 heterocycles. The van der Waals surface area contributed by atoms with E-state index in [-0.39, 0.29) is 17.4 Å². The normalized spacial score (nSPS) is 11.2. The first-order valence-electron chi connectivity index (χ1n) is 9.00. The molecule has 0 saturated carbocycles. The Balaban J connectivity index is 1.72. The fourth-order valence-corrected chi connectivity index (χ4v) is 2.77. The molecule has 0 aliphatic rings. The molecule has 0 radical (unpaired) electrons. The number of pyridine rings is 1. The Hall–Kier alpha value is -3.35. The molecule has 0 unspecified atom stereocenters. The summed E-state index contributed by atoms with van der Waals surface area (Å²) in [5, 5.41) is 2.75. The fourth-order valence-electron chi connectivity index (χ4n) is 2.77. The molecule has 0 aliphatic heterocycles. The van der Waals surface area contributed by atoms with Crippen LogP contribution in [0.3, 0.4) is 0 Å². The van der Waals surface area contributed by atoms with Crippen LogP contribution in [0.1, 0.15) is 34.2 Å². The van der Waals surface area contributed by atoms with Gasteiger partial charge in [-0.25, -0.2) is 0 Å². The third-order valence-electron chi connectivity index (χ3n) is 4.28. The Kier molecular flexibility index (Phi) is 5.87. The smallest absolute Gasteiger partial charge is 0.419 e. The molecule has 1 N–H and O–H groups in total. The lowest BCUT2D eigenvalue weighted by Crippen LogP contribution is -2.14. The summed E-state index contributed by atoms with van der Waals surface area (Å²) < 4.78 is 44.6. The summed E-state index contributed by atoms with van der Waals surface area (Å²) in [5.41, 5.74) is 1.63. The number of rotatable bonds is 5. The largest absolute Gasteiger partial charge is 0.457 e. The number of nitrogens with one attached hydrogen (secondary N) is 1. The number of hydrogen-bond acceptors (Lipinski definition) is 3. The van der Waals surface area contributed by atoms with Crippen molar-refractivity contribution in [2.24, 2.45) is 0 Å². The Morgan fingerprint density at radius 1 is 1.03 bits per heavy atom. The molecule has 7 heteroatoms. The number of anilines is 1. The van der Waals surface area contributed by atoms with E-state index >= 15 is 0 Å². The quantitative estimate of drug-likeness (QED) is 0.570. The Morgan fingerprint density at radius 2 is 1.72 bits per heavy atom. The molecule has 3 rings (SSSR count). The van der Waals surface area contributed by atoms with Crippen LogP contribution in [0.2, 0.25) is 0 Å². The first-order chi connectivity index (χ1) is 13.8. The van der Waals surface area contributed by atoms with E-state index in [1.165, 1.54) is 30.3 Å². The van der Waals surface area contributed by atoms with Gasteiger partial charge in [0.1, 0.15) is 11.5 Å². The van der Waals surface area contributed by atoms with Gasteiger partial charge in [-0.2, -0.15) is 13.2 Å². The van der Waals surface area contributed by atoms with Gasteiger partial charge in [0.05, 0.1) is 16.8 Å². The van der Waals surface area contributed by atoms with E-state index in [1.54, 1.807) is 31.2 Å². The highest BCUT2D eigenvalue weighted by Crippen LogP contribution is 2.38. The van der Waals surface area contributed by atoms with E-state index in [9.17, 15) is 18.0 Å². The van der Waals surface area contributed by atoms with Crippen molar-refractivity contribution in [2.45, 2.75) is 26.4 Å². The van der Waals surface area contributed by atoms with Crippen molar-refractivity contribution >= 4 is 11.6 Å². The lowest BCUT2D eigenvalue weighted by molar-refractivity contribution is -0.138. The third-order valence-corrected chi connectivity index (χ3v) is 4.28. The number of hydrogen-bond donors (Lipinski definition) is 1. The molecule has 2 aromatic carbocycles. The van der Waals surface area contributed by atoms with Gasteiger partial charge in [-0.3, -0.25) is 9.78 Å². The minimum absolute atomic E-state index is 0.227. The van der Waals surface area contributed by atoms with Gasteiger partial charge >= 0.3 is 6.18 Å². The van der Waals surface area contributed by atoms with Crippen molar-refractivity contribution in [3.63, 3.8) is 0 Å². The number of aromatic nitrogens is 1. The molecule has 3 aromatic rings. The van der Waals surface area contributed by atoms with Crippen molar-refractivity contribution in [1.82, 2.24) is 4.98 Å². The summed E-state index contributed by atoms with van der Waals surface area (Å²) in [6, 6.07) is 14.6. The highest BCUT2D eigenvalue weighted by atomic mass is 19.4. The third kappa shape index (κ3) is 4.93. The van der Waals surface area contributed by atoms with Crippen LogP contribution in [-0.2, 0) is 12.6 Å². The van der Waals surface area contributed by atoms with Crippen LogP contribution in [0.4, 0.5) is 18.9 Å². The van der Waals surface area contributed by atoms with Crippen molar-refractivity contribution in [3.05, 3.63) is 83.2 Å². The number of ether oxygens (including phenoxy) is 1. The summed E-state index contributed by atoms with van der Waals surface area (Å²) >= 11 is 0. The second-order valence-electron chi connectivity index (χ2n) is 6.36. The number of benzene rings is 2. The molecular formula is C22H19F3N2O2. The van der Waals surface area contributed by atoms with Gasteiger partial charge in [0.2, 0.25) is 0 Å². The summed E-state index contributed by atoms with van der Waals surface area (Å²) in [6.45, 7) is 3.75. The number of nitrogens with zero attached hydrogens (tertiary/aromatic N) is 1. The van der Waals surface area contributed by atoms with Crippen molar-refractivity contribution < 1.29 is 22.7 Å². The summed E-state index contributed by atoms with van der Waals surface area (Å²) in [7, 11) is 0. The van der Waals surface area contributed by atoms with Crippen LogP contribution in [0, 0.1) is 6.92 Å². The number of para-hydroxylation sites is 1. The van der Waals surface area contributed by atoms with Crippen LogP contribution >= 0.6 is 0 Å². The minimum atomic E-state index is -4.51. The second-order valence-corrected chi connectivity index (χ2v) is 6.36. The second kappa shape index (κ2) is 8.34. The first kappa shape index (κ1) is 20.4.